The first-order valence-corrected chi connectivity index (χ1v) is 18.2. The number of ketones is 1. The van der Waals surface area contributed by atoms with Gasteiger partial charge in [-0.2, -0.15) is 0 Å². The Morgan fingerprint density at radius 3 is 2.00 bits per heavy atom. The number of carbonyl (C=O) groups excluding carboxylic acids is 3. The fraction of sp³-hybridized carbons (Fsp3) is 0.538. The molecule has 0 fully saturated rings. The molecule has 0 unspecified atom stereocenters. The molecule has 3 N–H and O–H groups in total. The second-order valence-corrected chi connectivity index (χ2v) is 15.8. The van der Waals surface area contributed by atoms with Crippen LogP contribution < -0.4 is 16.0 Å². The zero-order chi connectivity index (χ0) is 35.3. The van der Waals surface area contributed by atoms with Gasteiger partial charge in [-0.3, -0.25) is 4.79 Å². The van der Waals surface area contributed by atoms with Gasteiger partial charge in [0.15, 0.2) is 5.78 Å². The molecule has 0 bridgehead atoms. The minimum absolute atomic E-state index is 0.0251. The van der Waals surface area contributed by atoms with Crippen LogP contribution in [0, 0.1) is 17.3 Å². The molecule has 4 amide bonds. The quantitative estimate of drug-likeness (QED) is 0.135. The first-order valence-electron chi connectivity index (χ1n) is 17.3. The van der Waals surface area contributed by atoms with E-state index in [0.29, 0.717) is 31.8 Å². The Morgan fingerprint density at radius 1 is 0.854 bits per heavy atom. The summed E-state index contributed by atoms with van der Waals surface area (Å²) in [5.74, 6) is 0.333. The van der Waals surface area contributed by atoms with Gasteiger partial charge in [0, 0.05) is 37.4 Å². The molecule has 1 aromatic heterocycles. The second-order valence-electron chi connectivity index (χ2n) is 14.9. The molecule has 0 saturated carbocycles. The number of rotatable bonds is 17. The van der Waals surface area contributed by atoms with Gasteiger partial charge >= 0.3 is 12.1 Å². The number of aromatic nitrogens is 1. The number of amides is 4. The predicted octanol–water partition coefficient (Wildman–Crippen LogP) is 7.99. The molecular formula is C39H57N5O3S. The van der Waals surface area contributed by atoms with E-state index in [1.807, 2.05) is 55.6 Å². The van der Waals surface area contributed by atoms with Crippen LogP contribution in [-0.4, -0.2) is 53.4 Å². The Balaban J connectivity index is 1.72. The highest BCUT2D eigenvalue weighted by Crippen LogP contribution is 2.24. The number of nitrogens with one attached hydrogen (secondary N) is 3. The third-order valence-electron chi connectivity index (χ3n) is 8.32. The first-order chi connectivity index (χ1) is 22.7. The lowest BCUT2D eigenvalue weighted by Crippen LogP contribution is -2.49. The molecule has 48 heavy (non-hydrogen) atoms. The van der Waals surface area contributed by atoms with Crippen LogP contribution in [-0.2, 0) is 24.2 Å². The SMILES string of the molecule is CC(C)c1nc(CN(C)C(=O)N[C@H](C(=O)C[C@H](CC[C@H](Cc2ccccc2)NC(=O)NCC(C)(C)C)Cc2ccccc2)C(C)C)cs1. The van der Waals surface area contributed by atoms with Gasteiger partial charge < -0.3 is 20.9 Å². The number of hydrogen-bond donors (Lipinski definition) is 3. The Morgan fingerprint density at radius 2 is 1.46 bits per heavy atom. The fourth-order valence-corrected chi connectivity index (χ4v) is 6.44. The molecule has 9 heteroatoms. The molecule has 0 aliphatic heterocycles. The molecule has 3 aromatic rings. The minimum atomic E-state index is -0.610. The Hall–Kier alpha value is -3.72. The summed E-state index contributed by atoms with van der Waals surface area (Å²) < 4.78 is 0. The number of carbonyl (C=O) groups is 3. The van der Waals surface area contributed by atoms with Crippen LogP contribution in [0.25, 0.3) is 0 Å². The van der Waals surface area contributed by atoms with Gasteiger partial charge in [0.1, 0.15) is 0 Å². The van der Waals surface area contributed by atoms with E-state index in [9.17, 15) is 14.4 Å². The van der Waals surface area contributed by atoms with Crippen LogP contribution in [0.2, 0.25) is 0 Å². The lowest BCUT2D eigenvalue weighted by atomic mass is 9.85. The van der Waals surface area contributed by atoms with Crippen molar-refractivity contribution in [3.8, 4) is 0 Å². The molecule has 8 nitrogen and oxygen atoms in total. The molecule has 262 valence electrons. The lowest BCUT2D eigenvalue weighted by Gasteiger charge is -2.28. The zero-order valence-corrected chi connectivity index (χ0v) is 31.0. The smallest absolute Gasteiger partial charge is 0.318 e. The molecular weight excluding hydrogens is 619 g/mol. The standard InChI is InChI=1S/C39H57N5O3S/c1-27(2)35(43-38(47)44(8)24-33-25-48-36(41-33)28(3)4)34(45)23-31(21-29-15-11-9-12-16-29)19-20-32(22-30-17-13-10-14-18-30)42-37(46)40-26-39(5,6)7/h9-18,25,27-28,31-32,35H,19-24,26H2,1-8H3,(H,43,47)(H2,40,42,46)/t31-,32-,35+/m1/s1. The predicted molar refractivity (Wildman–Crippen MR) is 197 cm³/mol. The Labute approximate surface area is 292 Å². The molecule has 3 rings (SSSR count). The van der Waals surface area contributed by atoms with Gasteiger partial charge in [0.25, 0.3) is 0 Å². The summed E-state index contributed by atoms with van der Waals surface area (Å²) in [6.45, 7) is 15.4. The van der Waals surface area contributed by atoms with E-state index in [4.69, 9.17) is 0 Å². The zero-order valence-electron chi connectivity index (χ0n) is 30.2. The molecule has 2 aromatic carbocycles. The van der Waals surface area contributed by atoms with Crippen molar-refractivity contribution < 1.29 is 14.4 Å². The van der Waals surface area contributed by atoms with E-state index in [1.54, 1.807) is 23.3 Å². The second kappa shape index (κ2) is 18.7. The highest BCUT2D eigenvalue weighted by molar-refractivity contribution is 7.09. The van der Waals surface area contributed by atoms with Crippen molar-refractivity contribution in [2.45, 2.75) is 105 Å². The number of urea groups is 2. The van der Waals surface area contributed by atoms with Crippen molar-refractivity contribution in [3.63, 3.8) is 0 Å². The van der Waals surface area contributed by atoms with E-state index in [2.05, 4.69) is 79.8 Å². The van der Waals surface area contributed by atoms with Gasteiger partial charge in [-0.15, -0.1) is 11.3 Å². The highest BCUT2D eigenvalue weighted by atomic mass is 32.1. The topological polar surface area (TPSA) is 103 Å². The lowest BCUT2D eigenvalue weighted by molar-refractivity contribution is -0.122. The van der Waals surface area contributed by atoms with Crippen LogP contribution in [0.1, 0.15) is 95.5 Å². The van der Waals surface area contributed by atoms with Crippen LogP contribution in [0.4, 0.5) is 9.59 Å². The average Bonchev–Trinajstić information content (AvgIpc) is 3.50. The number of Topliss-reactive ketones (excluding diaryl/α,β-unsaturated/α-hetero) is 1. The summed E-state index contributed by atoms with van der Waals surface area (Å²) >= 11 is 1.61. The monoisotopic (exact) mass is 675 g/mol. The van der Waals surface area contributed by atoms with Crippen LogP contribution >= 0.6 is 11.3 Å². The summed E-state index contributed by atoms with van der Waals surface area (Å²) in [5.41, 5.74) is 3.14. The Bertz CT molecular complexity index is 1420. The molecule has 0 aliphatic rings. The van der Waals surface area contributed by atoms with E-state index in [1.165, 1.54) is 5.56 Å². The third kappa shape index (κ3) is 13.8. The fourth-order valence-electron chi connectivity index (χ4n) is 5.62. The maximum atomic E-state index is 13.9. The molecule has 3 atom stereocenters. The summed E-state index contributed by atoms with van der Waals surface area (Å²) in [4.78, 5) is 46.4. The summed E-state index contributed by atoms with van der Waals surface area (Å²) in [6.07, 6.45) is 3.24. The van der Waals surface area contributed by atoms with E-state index < -0.39 is 6.04 Å². The van der Waals surface area contributed by atoms with Crippen LogP contribution in [0.15, 0.2) is 66.0 Å². The number of thiazole rings is 1. The minimum Gasteiger partial charge on any atom is -0.338 e. The van der Waals surface area contributed by atoms with Crippen LogP contribution in [0.5, 0.6) is 0 Å². The van der Waals surface area contributed by atoms with Gasteiger partial charge in [0.05, 0.1) is 23.3 Å². The Kier molecular flexibility index (Phi) is 15.1. The number of benzene rings is 2. The van der Waals surface area contributed by atoms with Gasteiger partial charge in [0.2, 0.25) is 0 Å². The van der Waals surface area contributed by atoms with Crippen LogP contribution in [0.3, 0.4) is 0 Å². The number of hydrogen-bond acceptors (Lipinski definition) is 5. The van der Waals surface area contributed by atoms with E-state index in [0.717, 1.165) is 35.5 Å². The normalized spacial score (nSPS) is 13.5. The molecule has 0 spiro atoms. The van der Waals surface area contributed by atoms with Crippen molar-refractivity contribution >= 4 is 29.2 Å². The van der Waals surface area contributed by atoms with Crippen molar-refractivity contribution in [1.82, 2.24) is 25.8 Å². The average molecular weight is 676 g/mol. The third-order valence-corrected chi connectivity index (χ3v) is 9.52. The molecule has 0 radical (unpaired) electrons. The van der Waals surface area contributed by atoms with Gasteiger partial charge in [-0.25, -0.2) is 14.6 Å². The van der Waals surface area contributed by atoms with E-state index >= 15 is 0 Å². The van der Waals surface area contributed by atoms with Gasteiger partial charge in [-0.1, -0.05) is 109 Å². The summed E-state index contributed by atoms with van der Waals surface area (Å²) in [6, 6.07) is 19.2. The van der Waals surface area contributed by atoms with Crippen molar-refractivity contribution in [2.75, 3.05) is 13.6 Å². The summed E-state index contributed by atoms with van der Waals surface area (Å²) in [7, 11) is 1.74. The summed E-state index contributed by atoms with van der Waals surface area (Å²) in [5, 5.41) is 12.3. The van der Waals surface area contributed by atoms with Crippen molar-refractivity contribution in [1.29, 1.82) is 0 Å². The maximum Gasteiger partial charge on any atom is 0.318 e. The molecule has 0 saturated heterocycles. The molecule has 0 aliphatic carbocycles. The van der Waals surface area contributed by atoms with Crippen molar-refractivity contribution in [2.24, 2.45) is 17.3 Å². The van der Waals surface area contributed by atoms with Crippen molar-refractivity contribution in [3.05, 3.63) is 87.9 Å². The highest BCUT2D eigenvalue weighted by Gasteiger charge is 2.29. The van der Waals surface area contributed by atoms with E-state index in [-0.39, 0.29) is 41.1 Å². The largest absolute Gasteiger partial charge is 0.338 e. The first kappa shape index (κ1) is 38.7. The molecule has 1 heterocycles. The number of nitrogens with zero attached hydrogens (tertiary/aromatic N) is 2. The maximum absolute atomic E-state index is 13.9. The van der Waals surface area contributed by atoms with Gasteiger partial charge in [-0.05, 0) is 54.1 Å².